The van der Waals surface area contributed by atoms with E-state index >= 15 is 0 Å². The first kappa shape index (κ1) is 14.7. The second kappa shape index (κ2) is 5.08. The predicted octanol–water partition coefficient (Wildman–Crippen LogP) is 1.15. The van der Waals surface area contributed by atoms with E-state index in [0.717, 1.165) is 0 Å². The Hall–Kier alpha value is -1.39. The van der Waals surface area contributed by atoms with Crippen molar-refractivity contribution in [1.29, 1.82) is 0 Å². The number of nitrogens with zero attached hydrogens (tertiary/aromatic N) is 1. The fourth-order valence-electron chi connectivity index (χ4n) is 2.42. The highest BCUT2D eigenvalue weighted by Gasteiger charge is 2.54. The van der Waals surface area contributed by atoms with Gasteiger partial charge in [-0.2, -0.15) is 0 Å². The second-order valence-corrected chi connectivity index (χ2v) is 5.54. The maximum absolute atomic E-state index is 12.0. The van der Waals surface area contributed by atoms with Crippen molar-refractivity contribution < 1.29 is 19.1 Å². The Morgan fingerprint density at radius 3 is 2.28 bits per heavy atom. The molecule has 5 nitrogen and oxygen atoms in total. The topological polar surface area (TPSA) is 63.7 Å². The van der Waals surface area contributed by atoms with E-state index in [-0.39, 0.29) is 35.7 Å². The molecule has 1 amide bonds. The molecule has 0 bridgehead atoms. The molecule has 102 valence electrons. The number of β-lactam (4-membered cyclic amide) rings is 1. The number of hydrogen-bond acceptors (Lipinski definition) is 4. The van der Waals surface area contributed by atoms with Gasteiger partial charge in [0.05, 0.1) is 19.1 Å². The van der Waals surface area contributed by atoms with E-state index in [4.69, 9.17) is 4.74 Å². The second-order valence-electron chi connectivity index (χ2n) is 5.54. The highest BCUT2D eigenvalue weighted by molar-refractivity contribution is 6.06. The van der Waals surface area contributed by atoms with Crippen molar-refractivity contribution in [3.63, 3.8) is 0 Å². The van der Waals surface area contributed by atoms with Crippen molar-refractivity contribution >= 4 is 17.7 Å². The van der Waals surface area contributed by atoms with Gasteiger partial charge in [0.1, 0.15) is 11.7 Å². The lowest BCUT2D eigenvalue weighted by Gasteiger charge is -2.52. The molecule has 1 fully saturated rings. The van der Waals surface area contributed by atoms with E-state index < -0.39 is 5.92 Å². The van der Waals surface area contributed by atoms with Crippen molar-refractivity contribution in [2.45, 2.75) is 52.6 Å². The summed E-state index contributed by atoms with van der Waals surface area (Å²) in [6.07, 6.45) is 0.0844. The van der Waals surface area contributed by atoms with E-state index in [9.17, 15) is 14.4 Å². The molecule has 1 rings (SSSR count). The highest BCUT2D eigenvalue weighted by Crippen LogP contribution is 2.36. The van der Waals surface area contributed by atoms with Crippen LogP contribution in [0.1, 0.15) is 41.0 Å². The normalized spacial score (nSPS) is 23.6. The summed E-state index contributed by atoms with van der Waals surface area (Å²) in [6, 6.07) is -0.367. The van der Waals surface area contributed by atoms with Gasteiger partial charge < -0.3 is 9.64 Å². The van der Waals surface area contributed by atoms with Crippen LogP contribution in [0, 0.1) is 5.92 Å². The standard InChI is InChI=1S/C13H21NO4/c1-6-18-10(16)7-9-11(8(2)15)12(17)14(9)13(3,4)5/h9,11H,6-7H2,1-5H3/t9-,11-/m0/s1. The summed E-state index contributed by atoms with van der Waals surface area (Å²) >= 11 is 0. The number of carbonyl (C=O) groups is 3. The summed E-state index contributed by atoms with van der Waals surface area (Å²) in [5.74, 6) is -1.43. The van der Waals surface area contributed by atoms with Gasteiger partial charge in [-0.3, -0.25) is 14.4 Å². The third kappa shape index (κ3) is 2.71. The first-order valence-corrected chi connectivity index (χ1v) is 6.19. The molecule has 0 unspecified atom stereocenters. The maximum Gasteiger partial charge on any atom is 0.307 e. The van der Waals surface area contributed by atoms with E-state index in [0.29, 0.717) is 6.61 Å². The Labute approximate surface area is 107 Å². The van der Waals surface area contributed by atoms with Crippen LogP contribution in [0.15, 0.2) is 0 Å². The molecular weight excluding hydrogens is 234 g/mol. The quantitative estimate of drug-likeness (QED) is 0.429. The van der Waals surface area contributed by atoms with Crippen LogP contribution >= 0.6 is 0 Å². The van der Waals surface area contributed by atoms with Crippen LogP contribution in [0.25, 0.3) is 0 Å². The van der Waals surface area contributed by atoms with Gasteiger partial charge >= 0.3 is 5.97 Å². The molecule has 0 aromatic heterocycles. The van der Waals surface area contributed by atoms with Crippen molar-refractivity contribution in [1.82, 2.24) is 4.90 Å². The fraction of sp³-hybridized carbons (Fsp3) is 0.769. The van der Waals surface area contributed by atoms with Crippen LogP contribution in [-0.4, -0.2) is 40.7 Å². The predicted molar refractivity (Wildman–Crippen MR) is 65.8 cm³/mol. The number of ketones is 1. The van der Waals surface area contributed by atoms with E-state index in [1.165, 1.54) is 6.92 Å². The molecule has 18 heavy (non-hydrogen) atoms. The number of amides is 1. The summed E-state index contributed by atoms with van der Waals surface area (Å²) in [7, 11) is 0. The number of ether oxygens (including phenoxy) is 1. The lowest BCUT2D eigenvalue weighted by Crippen LogP contribution is -2.69. The Bertz CT molecular complexity index is 370. The zero-order chi connectivity index (χ0) is 14.1. The lowest BCUT2D eigenvalue weighted by atomic mass is 9.78. The molecule has 1 heterocycles. The molecule has 0 spiro atoms. The smallest absolute Gasteiger partial charge is 0.307 e. The molecule has 0 N–H and O–H groups in total. The molecule has 1 saturated heterocycles. The van der Waals surface area contributed by atoms with E-state index in [1.54, 1.807) is 11.8 Å². The van der Waals surface area contributed by atoms with Gasteiger partial charge in [-0.15, -0.1) is 0 Å². The molecule has 0 saturated carbocycles. The average molecular weight is 255 g/mol. The summed E-state index contributed by atoms with van der Waals surface area (Å²) in [5.41, 5.74) is -0.389. The lowest BCUT2D eigenvalue weighted by molar-refractivity contribution is -0.172. The average Bonchev–Trinajstić information content (AvgIpc) is 2.13. The van der Waals surface area contributed by atoms with Crippen molar-refractivity contribution in [3.05, 3.63) is 0 Å². The first-order valence-electron chi connectivity index (χ1n) is 6.19. The summed E-state index contributed by atoms with van der Waals surface area (Å²) in [5, 5.41) is 0. The molecular formula is C13H21NO4. The molecule has 0 aromatic carbocycles. The van der Waals surface area contributed by atoms with Crippen molar-refractivity contribution in [2.24, 2.45) is 5.92 Å². The van der Waals surface area contributed by atoms with E-state index in [2.05, 4.69) is 0 Å². The number of esters is 1. The van der Waals surface area contributed by atoms with Gasteiger partial charge in [0.2, 0.25) is 5.91 Å². The summed E-state index contributed by atoms with van der Waals surface area (Å²) in [6.45, 7) is 9.09. The Kier molecular flexibility index (Phi) is 4.14. The first-order chi connectivity index (χ1) is 8.20. The van der Waals surface area contributed by atoms with Gasteiger partial charge in [-0.05, 0) is 34.6 Å². The van der Waals surface area contributed by atoms with Crippen LogP contribution in [0.5, 0.6) is 0 Å². The monoisotopic (exact) mass is 255 g/mol. The number of Topliss-reactive ketones (excluding diaryl/α,β-unsaturated/α-hetero) is 1. The molecule has 2 atom stereocenters. The zero-order valence-corrected chi connectivity index (χ0v) is 11.6. The number of likely N-dealkylation sites (tertiary alicyclic amines) is 1. The minimum atomic E-state index is -0.686. The molecule has 0 radical (unpaired) electrons. The van der Waals surface area contributed by atoms with E-state index in [1.807, 2.05) is 20.8 Å². The van der Waals surface area contributed by atoms with Gasteiger partial charge in [-0.1, -0.05) is 0 Å². The van der Waals surface area contributed by atoms with Gasteiger partial charge in [0, 0.05) is 5.54 Å². The number of hydrogen-bond donors (Lipinski definition) is 0. The summed E-state index contributed by atoms with van der Waals surface area (Å²) < 4.78 is 4.88. The largest absolute Gasteiger partial charge is 0.466 e. The van der Waals surface area contributed by atoms with Gasteiger partial charge in [-0.25, -0.2) is 0 Å². The highest BCUT2D eigenvalue weighted by atomic mass is 16.5. The third-order valence-corrected chi connectivity index (χ3v) is 3.06. The zero-order valence-electron chi connectivity index (χ0n) is 11.6. The molecule has 0 aromatic rings. The Balaban J connectivity index is 2.84. The van der Waals surface area contributed by atoms with Crippen molar-refractivity contribution in [3.8, 4) is 0 Å². The number of rotatable bonds is 4. The van der Waals surface area contributed by atoms with Crippen LogP contribution < -0.4 is 0 Å². The SMILES string of the molecule is CCOC(=O)C[C@H]1[C@H](C(C)=O)C(=O)N1C(C)(C)C. The van der Waals surface area contributed by atoms with Crippen LogP contribution in [0.4, 0.5) is 0 Å². The number of carbonyl (C=O) groups excluding carboxylic acids is 3. The molecule has 5 heteroatoms. The van der Waals surface area contributed by atoms with Gasteiger partial charge in [0.15, 0.2) is 0 Å². The van der Waals surface area contributed by atoms with Crippen LogP contribution in [0.3, 0.4) is 0 Å². The van der Waals surface area contributed by atoms with Crippen LogP contribution in [-0.2, 0) is 19.1 Å². The molecule has 1 aliphatic heterocycles. The maximum atomic E-state index is 12.0. The van der Waals surface area contributed by atoms with Crippen molar-refractivity contribution in [2.75, 3.05) is 6.61 Å². The van der Waals surface area contributed by atoms with Gasteiger partial charge in [0.25, 0.3) is 0 Å². The van der Waals surface area contributed by atoms with Crippen LogP contribution in [0.2, 0.25) is 0 Å². The Morgan fingerprint density at radius 2 is 1.89 bits per heavy atom. The Morgan fingerprint density at radius 1 is 1.33 bits per heavy atom. The minimum Gasteiger partial charge on any atom is -0.466 e. The molecule has 0 aliphatic carbocycles. The fourth-order valence-corrected chi connectivity index (χ4v) is 2.42. The summed E-state index contributed by atoms with van der Waals surface area (Å²) in [4.78, 5) is 36.5. The third-order valence-electron chi connectivity index (χ3n) is 3.06. The minimum absolute atomic E-state index is 0.0844. The molecule has 1 aliphatic rings.